The zero-order chi connectivity index (χ0) is 18.5. The topological polar surface area (TPSA) is 26.3 Å². The summed E-state index contributed by atoms with van der Waals surface area (Å²) in [5, 5.41) is 0. The SMILES string of the molecule is CCC[CH2][Sn]([CH2]CCC)([CH2]CCC)[c]1cccc(CC(=O)OCC)c1. The van der Waals surface area contributed by atoms with E-state index in [-0.39, 0.29) is 5.97 Å². The number of hydrogen-bond donors (Lipinski definition) is 0. The quantitative estimate of drug-likeness (QED) is 0.277. The first kappa shape index (κ1) is 22.5. The van der Waals surface area contributed by atoms with Crippen molar-refractivity contribution >= 4 is 27.9 Å². The molecule has 0 aliphatic rings. The predicted octanol–water partition coefficient (Wildman–Crippen LogP) is 5.85. The van der Waals surface area contributed by atoms with Crippen molar-refractivity contribution in [2.45, 2.75) is 86.0 Å². The minimum absolute atomic E-state index is 0.101. The van der Waals surface area contributed by atoms with Gasteiger partial charge in [0.1, 0.15) is 0 Å². The van der Waals surface area contributed by atoms with Crippen LogP contribution in [0.15, 0.2) is 24.3 Å². The van der Waals surface area contributed by atoms with Crippen LogP contribution in [0.25, 0.3) is 0 Å². The van der Waals surface area contributed by atoms with Gasteiger partial charge < -0.3 is 0 Å². The second-order valence-corrected chi connectivity index (χ2v) is 20.5. The molecule has 1 aromatic rings. The van der Waals surface area contributed by atoms with Crippen molar-refractivity contribution in [2.24, 2.45) is 0 Å². The summed E-state index contributed by atoms with van der Waals surface area (Å²) in [6.07, 6.45) is 8.39. The van der Waals surface area contributed by atoms with Crippen LogP contribution in [-0.2, 0) is 16.0 Å². The van der Waals surface area contributed by atoms with Crippen molar-refractivity contribution in [1.29, 1.82) is 0 Å². The Hall–Kier alpha value is -0.511. The van der Waals surface area contributed by atoms with Crippen LogP contribution in [0, 0.1) is 0 Å². The van der Waals surface area contributed by atoms with Gasteiger partial charge in [-0.2, -0.15) is 0 Å². The number of carbonyl (C=O) groups is 1. The van der Waals surface area contributed by atoms with Crippen LogP contribution in [0.1, 0.15) is 71.8 Å². The fourth-order valence-corrected chi connectivity index (χ4v) is 19.9. The molecule has 0 atom stereocenters. The van der Waals surface area contributed by atoms with E-state index in [2.05, 4.69) is 45.0 Å². The Kier molecular flexibility index (Phi) is 11.5. The molecule has 25 heavy (non-hydrogen) atoms. The zero-order valence-electron chi connectivity index (χ0n) is 16.9. The van der Waals surface area contributed by atoms with Crippen LogP contribution in [0.2, 0.25) is 13.3 Å². The second kappa shape index (κ2) is 12.8. The average molecular weight is 453 g/mol. The summed E-state index contributed by atoms with van der Waals surface area (Å²) in [4.78, 5) is 11.9. The summed E-state index contributed by atoms with van der Waals surface area (Å²) >= 11 is -2.39. The molecule has 0 heterocycles. The third-order valence-corrected chi connectivity index (χ3v) is 20.8. The number of rotatable bonds is 13. The fraction of sp³-hybridized carbons (Fsp3) is 0.682. The first-order valence-corrected chi connectivity index (χ1v) is 17.8. The Morgan fingerprint density at radius 2 is 1.48 bits per heavy atom. The van der Waals surface area contributed by atoms with Gasteiger partial charge in [0.2, 0.25) is 0 Å². The van der Waals surface area contributed by atoms with E-state index < -0.39 is 18.4 Å². The van der Waals surface area contributed by atoms with Crippen molar-refractivity contribution in [3.8, 4) is 0 Å². The third kappa shape index (κ3) is 7.72. The summed E-state index contributed by atoms with van der Waals surface area (Å²) in [6.45, 7) is 9.27. The number of unbranched alkanes of at least 4 members (excludes halogenated alkanes) is 3. The molecular weight excluding hydrogens is 415 g/mol. The first-order valence-electron chi connectivity index (χ1n) is 10.4. The fourth-order valence-electron chi connectivity index (χ4n) is 3.74. The van der Waals surface area contributed by atoms with Gasteiger partial charge >= 0.3 is 160 Å². The molecule has 0 bridgehead atoms. The predicted molar refractivity (Wildman–Crippen MR) is 111 cm³/mol. The Morgan fingerprint density at radius 3 is 1.96 bits per heavy atom. The molecule has 0 N–H and O–H groups in total. The van der Waals surface area contributed by atoms with Gasteiger partial charge in [-0.25, -0.2) is 0 Å². The number of ether oxygens (including phenoxy) is 1. The normalized spacial score (nSPS) is 11.5. The minimum atomic E-state index is -2.39. The molecule has 0 radical (unpaired) electrons. The maximum atomic E-state index is 11.9. The Labute approximate surface area is 159 Å². The van der Waals surface area contributed by atoms with Gasteiger partial charge in [0.25, 0.3) is 0 Å². The molecule has 0 saturated carbocycles. The summed E-state index contributed by atoms with van der Waals surface area (Å²) in [6, 6.07) is 9.02. The molecular formula is C22H38O2Sn. The van der Waals surface area contributed by atoms with Gasteiger partial charge in [-0.15, -0.1) is 0 Å². The molecule has 0 spiro atoms. The average Bonchev–Trinajstić information content (AvgIpc) is 2.62. The van der Waals surface area contributed by atoms with Crippen molar-refractivity contribution in [2.75, 3.05) is 6.61 Å². The van der Waals surface area contributed by atoms with E-state index in [0.717, 1.165) is 5.56 Å². The first-order chi connectivity index (χ1) is 12.1. The van der Waals surface area contributed by atoms with Crippen LogP contribution < -0.4 is 3.58 Å². The van der Waals surface area contributed by atoms with Gasteiger partial charge in [0.05, 0.1) is 0 Å². The monoisotopic (exact) mass is 454 g/mol. The van der Waals surface area contributed by atoms with Gasteiger partial charge in [-0.05, 0) is 0 Å². The van der Waals surface area contributed by atoms with Crippen molar-refractivity contribution < 1.29 is 9.53 Å². The van der Waals surface area contributed by atoms with Crippen LogP contribution in [-0.4, -0.2) is 31.0 Å². The molecule has 1 rings (SSSR count). The molecule has 0 amide bonds. The van der Waals surface area contributed by atoms with Crippen molar-refractivity contribution in [1.82, 2.24) is 0 Å². The van der Waals surface area contributed by atoms with Gasteiger partial charge in [0, 0.05) is 0 Å². The summed E-state index contributed by atoms with van der Waals surface area (Å²) < 4.78 is 11.2. The van der Waals surface area contributed by atoms with Crippen LogP contribution in [0.3, 0.4) is 0 Å². The Bertz CT molecular complexity index is 477. The number of esters is 1. The van der Waals surface area contributed by atoms with E-state index in [4.69, 9.17) is 4.74 Å². The van der Waals surface area contributed by atoms with E-state index in [0.29, 0.717) is 13.0 Å². The second-order valence-electron chi connectivity index (χ2n) is 7.27. The summed E-state index contributed by atoms with van der Waals surface area (Å²) in [5.74, 6) is -0.101. The van der Waals surface area contributed by atoms with Crippen LogP contribution >= 0.6 is 0 Å². The summed E-state index contributed by atoms with van der Waals surface area (Å²) in [5.41, 5.74) is 1.14. The van der Waals surface area contributed by atoms with E-state index in [1.54, 1.807) is 3.58 Å². The molecule has 3 heteroatoms. The number of hydrogen-bond acceptors (Lipinski definition) is 2. The molecule has 0 aromatic heterocycles. The molecule has 2 nitrogen and oxygen atoms in total. The molecule has 0 aliphatic carbocycles. The third-order valence-electron chi connectivity index (χ3n) is 5.22. The molecule has 0 fully saturated rings. The van der Waals surface area contributed by atoms with Crippen molar-refractivity contribution in [3.05, 3.63) is 29.8 Å². The Balaban J connectivity index is 3.10. The van der Waals surface area contributed by atoms with Crippen LogP contribution in [0.4, 0.5) is 0 Å². The van der Waals surface area contributed by atoms with E-state index in [1.165, 1.54) is 51.8 Å². The Morgan fingerprint density at radius 1 is 0.920 bits per heavy atom. The van der Waals surface area contributed by atoms with Gasteiger partial charge in [-0.1, -0.05) is 0 Å². The molecule has 0 unspecified atom stereocenters. The van der Waals surface area contributed by atoms with Crippen molar-refractivity contribution in [3.63, 3.8) is 0 Å². The molecule has 1 aromatic carbocycles. The standard InChI is InChI=1S/C10H11O2.3C4H9.Sn/c1-2-12-10(11)8-9-6-4-3-5-7-9;3*1-3-4-2;/h3-4,6-7H,2,8H2,1H3;3*1,3-4H2,2H3;. The van der Waals surface area contributed by atoms with Gasteiger partial charge in [-0.3, -0.25) is 0 Å². The number of carbonyl (C=O) groups excluding carboxylic acids is 1. The maximum absolute atomic E-state index is 11.9. The summed E-state index contributed by atoms with van der Waals surface area (Å²) in [7, 11) is 0. The van der Waals surface area contributed by atoms with E-state index in [1.807, 2.05) is 6.92 Å². The van der Waals surface area contributed by atoms with Crippen LogP contribution in [0.5, 0.6) is 0 Å². The number of benzene rings is 1. The molecule has 0 saturated heterocycles. The molecule has 0 aliphatic heterocycles. The van der Waals surface area contributed by atoms with Gasteiger partial charge in [0.15, 0.2) is 0 Å². The van der Waals surface area contributed by atoms with E-state index >= 15 is 0 Å². The van der Waals surface area contributed by atoms with E-state index in [9.17, 15) is 4.79 Å². The molecule has 142 valence electrons. The zero-order valence-corrected chi connectivity index (χ0v) is 19.8.